The zero-order valence-corrected chi connectivity index (χ0v) is 16.2. The Morgan fingerprint density at radius 2 is 1.81 bits per heavy atom. The van der Waals surface area contributed by atoms with E-state index in [2.05, 4.69) is 39.4 Å². The third-order valence-electron chi connectivity index (χ3n) is 4.73. The summed E-state index contributed by atoms with van der Waals surface area (Å²) >= 11 is 0. The molecule has 1 aliphatic heterocycles. The first-order valence-corrected chi connectivity index (χ1v) is 9.45. The monoisotopic (exact) mass is 361 g/mol. The molecule has 1 amide bonds. The first kappa shape index (κ1) is 20.2. The van der Waals surface area contributed by atoms with Gasteiger partial charge in [0.1, 0.15) is 0 Å². The Morgan fingerprint density at radius 1 is 1.15 bits per heavy atom. The fourth-order valence-electron chi connectivity index (χ4n) is 3.25. The lowest BCUT2D eigenvalue weighted by molar-refractivity contribution is -0.144. The van der Waals surface area contributed by atoms with Gasteiger partial charge in [0.05, 0.1) is 19.1 Å². The van der Waals surface area contributed by atoms with Crippen molar-refractivity contribution in [1.82, 2.24) is 10.2 Å². The van der Waals surface area contributed by atoms with Crippen LogP contribution in [0.1, 0.15) is 44.2 Å². The Morgan fingerprint density at radius 3 is 2.38 bits per heavy atom. The van der Waals surface area contributed by atoms with E-state index in [9.17, 15) is 9.59 Å². The van der Waals surface area contributed by atoms with E-state index < -0.39 is 0 Å². The maximum absolute atomic E-state index is 12.1. The number of carbonyl (C=O) groups is 2. The minimum absolute atomic E-state index is 0.104. The Hall–Kier alpha value is -2.08. The van der Waals surface area contributed by atoms with Gasteiger partial charge in [-0.25, -0.2) is 0 Å². The number of esters is 1. The van der Waals surface area contributed by atoms with Gasteiger partial charge in [0, 0.05) is 32.7 Å². The Kier molecular flexibility index (Phi) is 7.91. The predicted molar refractivity (Wildman–Crippen MR) is 103 cm³/mol. The van der Waals surface area contributed by atoms with Crippen LogP contribution in [0.15, 0.2) is 24.3 Å². The van der Waals surface area contributed by atoms with E-state index in [-0.39, 0.29) is 30.8 Å². The molecule has 6 heteroatoms. The van der Waals surface area contributed by atoms with E-state index in [1.165, 1.54) is 18.4 Å². The molecular formula is C20H31N3O3. The van der Waals surface area contributed by atoms with Crippen LogP contribution < -0.4 is 10.2 Å². The largest absolute Gasteiger partial charge is 0.466 e. The molecule has 0 aliphatic carbocycles. The van der Waals surface area contributed by atoms with Crippen LogP contribution in [0.5, 0.6) is 0 Å². The van der Waals surface area contributed by atoms with E-state index in [4.69, 9.17) is 4.74 Å². The van der Waals surface area contributed by atoms with Crippen LogP contribution >= 0.6 is 0 Å². The Balaban J connectivity index is 1.95. The van der Waals surface area contributed by atoms with Crippen molar-refractivity contribution >= 4 is 17.6 Å². The maximum Gasteiger partial charge on any atom is 0.306 e. The third kappa shape index (κ3) is 6.02. The van der Waals surface area contributed by atoms with Gasteiger partial charge in [0.2, 0.25) is 5.91 Å². The highest BCUT2D eigenvalue weighted by Crippen LogP contribution is 2.26. The molecule has 0 spiro atoms. The van der Waals surface area contributed by atoms with Crippen molar-refractivity contribution in [3.63, 3.8) is 0 Å². The number of hydrogen-bond donors (Lipinski definition) is 1. The summed E-state index contributed by atoms with van der Waals surface area (Å²) in [4.78, 5) is 28.0. The molecule has 0 bridgehead atoms. The van der Waals surface area contributed by atoms with Crippen molar-refractivity contribution in [1.29, 1.82) is 0 Å². The molecule has 1 unspecified atom stereocenters. The van der Waals surface area contributed by atoms with Gasteiger partial charge in [-0.05, 0) is 50.6 Å². The summed E-state index contributed by atoms with van der Waals surface area (Å²) in [5.41, 5.74) is 2.37. The van der Waals surface area contributed by atoms with Crippen molar-refractivity contribution in [3.05, 3.63) is 29.8 Å². The van der Waals surface area contributed by atoms with Gasteiger partial charge in [-0.1, -0.05) is 12.1 Å². The number of benzene rings is 1. The summed E-state index contributed by atoms with van der Waals surface area (Å²) in [6, 6.07) is 8.67. The van der Waals surface area contributed by atoms with Gasteiger partial charge in [0.15, 0.2) is 0 Å². The van der Waals surface area contributed by atoms with E-state index in [0.29, 0.717) is 13.2 Å². The summed E-state index contributed by atoms with van der Waals surface area (Å²) in [5, 5.41) is 2.99. The van der Waals surface area contributed by atoms with E-state index in [1.54, 1.807) is 6.92 Å². The van der Waals surface area contributed by atoms with Gasteiger partial charge in [-0.3, -0.25) is 14.5 Å². The van der Waals surface area contributed by atoms with Crippen molar-refractivity contribution in [3.8, 4) is 0 Å². The second kappa shape index (κ2) is 10.2. The zero-order chi connectivity index (χ0) is 18.9. The molecule has 0 radical (unpaired) electrons. The number of carbonyl (C=O) groups excluding carboxylic acids is 2. The minimum Gasteiger partial charge on any atom is -0.466 e. The molecule has 1 aromatic carbocycles. The molecule has 2 rings (SSSR count). The second-order valence-electron chi connectivity index (χ2n) is 6.85. The molecule has 1 aromatic rings. The van der Waals surface area contributed by atoms with Gasteiger partial charge in [0.25, 0.3) is 0 Å². The molecule has 1 heterocycles. The molecular weight excluding hydrogens is 330 g/mol. The molecule has 144 valence electrons. The van der Waals surface area contributed by atoms with Gasteiger partial charge in [-0.15, -0.1) is 0 Å². The highest BCUT2D eigenvalue weighted by atomic mass is 16.5. The van der Waals surface area contributed by atoms with Crippen LogP contribution in [-0.2, 0) is 14.3 Å². The molecule has 1 fully saturated rings. The Labute approximate surface area is 156 Å². The van der Waals surface area contributed by atoms with E-state index in [1.807, 2.05) is 14.1 Å². The van der Waals surface area contributed by atoms with Crippen molar-refractivity contribution in [2.45, 2.75) is 38.6 Å². The number of likely N-dealkylation sites (tertiary alicyclic amines) is 1. The molecule has 1 saturated heterocycles. The van der Waals surface area contributed by atoms with E-state index >= 15 is 0 Å². The van der Waals surface area contributed by atoms with Gasteiger partial charge < -0.3 is 15.0 Å². The van der Waals surface area contributed by atoms with Gasteiger partial charge in [-0.2, -0.15) is 0 Å². The fourth-order valence-corrected chi connectivity index (χ4v) is 3.25. The average molecular weight is 361 g/mol. The van der Waals surface area contributed by atoms with Crippen LogP contribution in [0.4, 0.5) is 5.69 Å². The maximum atomic E-state index is 12.1. The number of ether oxygens (including phenoxy) is 1. The molecule has 0 aromatic heterocycles. The smallest absolute Gasteiger partial charge is 0.306 e. The first-order chi connectivity index (χ1) is 12.5. The lowest BCUT2D eigenvalue weighted by atomic mass is 10.0. The molecule has 1 N–H and O–H groups in total. The van der Waals surface area contributed by atoms with E-state index in [0.717, 1.165) is 18.8 Å². The summed E-state index contributed by atoms with van der Waals surface area (Å²) in [7, 11) is 4.05. The summed E-state index contributed by atoms with van der Waals surface area (Å²) in [5.74, 6) is -0.426. The fraction of sp³-hybridized carbons (Fsp3) is 0.600. The summed E-state index contributed by atoms with van der Waals surface area (Å²) < 4.78 is 4.87. The number of nitrogens with one attached hydrogen (secondary N) is 1. The SMILES string of the molecule is CCOC(=O)CCC(=O)NCC(c1ccc(N(C)C)cc1)N1CCCC1. The van der Waals surface area contributed by atoms with Crippen LogP contribution in [0, 0.1) is 0 Å². The minimum atomic E-state index is -0.321. The Bertz CT molecular complexity index is 580. The number of hydrogen-bond acceptors (Lipinski definition) is 5. The standard InChI is InChI=1S/C20H31N3O3/c1-4-26-20(25)12-11-19(24)21-15-18(23-13-5-6-14-23)16-7-9-17(10-8-16)22(2)3/h7-10,18H,4-6,11-15H2,1-3H3,(H,21,24). The number of nitrogens with zero attached hydrogens (tertiary/aromatic N) is 2. The predicted octanol–water partition coefficient (Wildman–Crippen LogP) is 2.35. The van der Waals surface area contributed by atoms with Crippen LogP contribution in [0.3, 0.4) is 0 Å². The lowest BCUT2D eigenvalue weighted by Gasteiger charge is -2.28. The molecule has 0 saturated carbocycles. The van der Waals surface area contributed by atoms with Gasteiger partial charge >= 0.3 is 5.97 Å². The zero-order valence-electron chi connectivity index (χ0n) is 16.2. The lowest BCUT2D eigenvalue weighted by Crippen LogP contribution is -2.37. The number of rotatable bonds is 9. The second-order valence-corrected chi connectivity index (χ2v) is 6.85. The third-order valence-corrected chi connectivity index (χ3v) is 4.73. The normalized spacial score (nSPS) is 15.5. The van der Waals surface area contributed by atoms with Crippen LogP contribution in [0.2, 0.25) is 0 Å². The first-order valence-electron chi connectivity index (χ1n) is 9.45. The molecule has 1 aliphatic rings. The van der Waals surface area contributed by atoms with Crippen molar-refractivity contribution in [2.75, 3.05) is 45.2 Å². The van der Waals surface area contributed by atoms with Crippen molar-refractivity contribution < 1.29 is 14.3 Å². The summed E-state index contributed by atoms with van der Waals surface area (Å²) in [6.45, 7) is 4.78. The van der Waals surface area contributed by atoms with Crippen molar-refractivity contribution in [2.24, 2.45) is 0 Å². The average Bonchev–Trinajstić information content (AvgIpc) is 3.15. The number of amides is 1. The quantitative estimate of drug-likeness (QED) is 0.684. The highest BCUT2D eigenvalue weighted by Gasteiger charge is 2.24. The van der Waals surface area contributed by atoms with Crippen LogP contribution in [-0.4, -0.2) is 57.1 Å². The molecule has 6 nitrogen and oxygen atoms in total. The number of anilines is 1. The molecule has 26 heavy (non-hydrogen) atoms. The molecule has 1 atom stereocenters. The highest BCUT2D eigenvalue weighted by molar-refractivity contribution is 5.81. The summed E-state index contributed by atoms with van der Waals surface area (Å²) in [6.07, 6.45) is 2.70. The topological polar surface area (TPSA) is 61.9 Å². The van der Waals surface area contributed by atoms with Crippen LogP contribution in [0.25, 0.3) is 0 Å².